The first-order valence-electron chi connectivity index (χ1n) is 7.38. The van der Waals surface area contributed by atoms with Crippen molar-refractivity contribution in [3.63, 3.8) is 0 Å². The first kappa shape index (κ1) is 18.7. The summed E-state index contributed by atoms with van der Waals surface area (Å²) in [5, 5.41) is 13.7. The second-order valence-electron chi connectivity index (χ2n) is 5.00. The molecule has 0 heterocycles. The number of nitrogens with zero attached hydrogens (tertiary/aromatic N) is 1. The molecule has 0 radical (unpaired) electrons. The first-order valence-corrected chi connectivity index (χ1v) is 7.38. The number of methoxy groups -OCH3 is 2. The van der Waals surface area contributed by atoms with E-state index in [1.54, 1.807) is 24.3 Å². The van der Waals surface area contributed by atoms with Crippen molar-refractivity contribution in [1.82, 2.24) is 0 Å². The maximum absolute atomic E-state index is 12.0. The second kappa shape index (κ2) is 8.47. The van der Waals surface area contributed by atoms with Crippen molar-refractivity contribution >= 4 is 23.3 Å². The Balaban J connectivity index is 2.07. The largest absolute Gasteiger partial charge is 0.497 e. The molecule has 136 valence electrons. The number of amides is 1. The van der Waals surface area contributed by atoms with Crippen molar-refractivity contribution in [2.75, 3.05) is 26.1 Å². The predicted octanol–water partition coefficient (Wildman–Crippen LogP) is 2.41. The molecular formula is C17H16N2O7. The minimum absolute atomic E-state index is 0.00684. The summed E-state index contributed by atoms with van der Waals surface area (Å²) in [7, 11) is 2.67. The topological polar surface area (TPSA) is 117 Å². The van der Waals surface area contributed by atoms with E-state index in [0.29, 0.717) is 11.4 Å². The number of benzene rings is 2. The summed E-state index contributed by atoms with van der Waals surface area (Å²) >= 11 is 0. The van der Waals surface area contributed by atoms with Crippen LogP contribution in [-0.4, -0.2) is 37.6 Å². The molecule has 2 aromatic carbocycles. The molecule has 0 aliphatic rings. The van der Waals surface area contributed by atoms with Gasteiger partial charge in [-0.1, -0.05) is 6.07 Å². The number of rotatable bonds is 7. The van der Waals surface area contributed by atoms with Gasteiger partial charge in [-0.15, -0.1) is 0 Å². The predicted molar refractivity (Wildman–Crippen MR) is 91.6 cm³/mol. The van der Waals surface area contributed by atoms with E-state index >= 15 is 0 Å². The highest BCUT2D eigenvalue weighted by atomic mass is 16.6. The molecule has 0 fully saturated rings. The molecule has 9 heteroatoms. The quantitative estimate of drug-likeness (QED) is 0.458. The van der Waals surface area contributed by atoms with Gasteiger partial charge in [-0.3, -0.25) is 14.9 Å². The van der Waals surface area contributed by atoms with Gasteiger partial charge in [-0.2, -0.15) is 0 Å². The number of carbonyl (C=O) groups excluding carboxylic acids is 2. The molecule has 26 heavy (non-hydrogen) atoms. The van der Waals surface area contributed by atoms with Crippen molar-refractivity contribution in [3.8, 4) is 11.5 Å². The van der Waals surface area contributed by atoms with Gasteiger partial charge in [0.25, 0.3) is 5.91 Å². The number of nitro groups is 1. The van der Waals surface area contributed by atoms with Crippen molar-refractivity contribution in [3.05, 3.63) is 58.1 Å². The van der Waals surface area contributed by atoms with Crippen molar-refractivity contribution in [2.24, 2.45) is 0 Å². The molecule has 1 N–H and O–H groups in total. The average Bonchev–Trinajstić information content (AvgIpc) is 2.65. The van der Waals surface area contributed by atoms with E-state index in [-0.39, 0.29) is 11.3 Å². The lowest BCUT2D eigenvalue weighted by Crippen LogP contribution is -2.20. The Kier molecular flexibility index (Phi) is 6.10. The van der Waals surface area contributed by atoms with Gasteiger partial charge in [0.05, 0.1) is 24.7 Å². The van der Waals surface area contributed by atoms with Gasteiger partial charge in [0.2, 0.25) is 0 Å². The average molecular weight is 360 g/mol. The Labute approximate surface area is 148 Å². The van der Waals surface area contributed by atoms with E-state index in [2.05, 4.69) is 10.1 Å². The molecule has 9 nitrogen and oxygen atoms in total. The van der Waals surface area contributed by atoms with Gasteiger partial charge in [0.15, 0.2) is 12.4 Å². The number of ether oxygens (including phenoxy) is 3. The summed E-state index contributed by atoms with van der Waals surface area (Å²) in [6.07, 6.45) is 0. The standard InChI is InChI=1S/C17H16N2O7/c1-24-13-5-3-4-12(9-13)18-16(20)10-26-15-7-6-11(17(21)25-2)8-14(15)19(22)23/h3-9H,10H2,1-2H3,(H,18,20). The van der Waals surface area contributed by atoms with Crippen molar-refractivity contribution < 1.29 is 28.7 Å². The fraction of sp³-hybridized carbons (Fsp3) is 0.176. The van der Waals surface area contributed by atoms with Gasteiger partial charge in [-0.05, 0) is 24.3 Å². The summed E-state index contributed by atoms with van der Waals surface area (Å²) < 4.78 is 14.8. The molecule has 0 atom stereocenters. The number of anilines is 1. The summed E-state index contributed by atoms with van der Waals surface area (Å²) in [5.41, 5.74) is 0.0583. The molecule has 0 bridgehead atoms. The molecular weight excluding hydrogens is 344 g/mol. The molecule has 0 saturated heterocycles. The monoisotopic (exact) mass is 360 g/mol. The van der Waals surface area contributed by atoms with E-state index in [9.17, 15) is 19.7 Å². The third kappa shape index (κ3) is 4.69. The van der Waals surface area contributed by atoms with Crippen LogP contribution in [0.2, 0.25) is 0 Å². The number of esters is 1. The van der Waals surface area contributed by atoms with E-state index < -0.39 is 29.1 Å². The van der Waals surface area contributed by atoms with Crippen LogP contribution in [0, 0.1) is 10.1 Å². The Hall–Kier alpha value is -3.62. The molecule has 0 aliphatic carbocycles. The maximum atomic E-state index is 12.0. The SMILES string of the molecule is COC(=O)c1ccc(OCC(=O)Nc2cccc(OC)c2)c([N+](=O)[O-])c1. The fourth-order valence-electron chi connectivity index (χ4n) is 2.07. The van der Waals surface area contributed by atoms with Crippen LogP contribution in [0.25, 0.3) is 0 Å². The van der Waals surface area contributed by atoms with Crippen LogP contribution < -0.4 is 14.8 Å². The van der Waals surface area contributed by atoms with Crippen LogP contribution in [0.5, 0.6) is 11.5 Å². The van der Waals surface area contributed by atoms with E-state index in [1.165, 1.54) is 26.4 Å². The van der Waals surface area contributed by atoms with Gasteiger partial charge >= 0.3 is 11.7 Å². The van der Waals surface area contributed by atoms with Crippen LogP contribution in [0.4, 0.5) is 11.4 Å². The normalized spacial score (nSPS) is 9.92. The number of hydrogen-bond acceptors (Lipinski definition) is 7. The van der Waals surface area contributed by atoms with Crippen molar-refractivity contribution in [2.45, 2.75) is 0 Å². The molecule has 0 aromatic heterocycles. The minimum Gasteiger partial charge on any atom is -0.497 e. The third-order valence-corrected chi connectivity index (χ3v) is 3.29. The molecule has 0 aliphatic heterocycles. The smallest absolute Gasteiger partial charge is 0.338 e. The van der Waals surface area contributed by atoms with Crippen molar-refractivity contribution in [1.29, 1.82) is 0 Å². The fourth-order valence-corrected chi connectivity index (χ4v) is 2.07. The van der Waals surface area contributed by atoms with Gasteiger partial charge < -0.3 is 19.5 Å². The number of carbonyl (C=O) groups is 2. The lowest BCUT2D eigenvalue weighted by atomic mass is 10.2. The number of hydrogen-bond donors (Lipinski definition) is 1. The van der Waals surface area contributed by atoms with Crippen LogP contribution in [-0.2, 0) is 9.53 Å². The number of nitrogens with one attached hydrogen (secondary N) is 1. The Morgan fingerprint density at radius 3 is 2.58 bits per heavy atom. The zero-order chi connectivity index (χ0) is 19.1. The first-order chi connectivity index (χ1) is 12.4. The van der Waals surface area contributed by atoms with E-state index in [4.69, 9.17) is 9.47 Å². The highest BCUT2D eigenvalue weighted by Gasteiger charge is 2.20. The van der Waals surface area contributed by atoms with Crippen LogP contribution >= 0.6 is 0 Å². The lowest BCUT2D eigenvalue weighted by Gasteiger charge is -2.09. The highest BCUT2D eigenvalue weighted by molar-refractivity contribution is 5.92. The van der Waals surface area contributed by atoms with Crippen LogP contribution in [0.3, 0.4) is 0 Å². The Morgan fingerprint density at radius 1 is 1.15 bits per heavy atom. The van der Waals surface area contributed by atoms with E-state index in [0.717, 1.165) is 6.07 Å². The van der Waals surface area contributed by atoms with Crippen LogP contribution in [0.1, 0.15) is 10.4 Å². The van der Waals surface area contributed by atoms with Gasteiger partial charge in [-0.25, -0.2) is 4.79 Å². The molecule has 2 rings (SSSR count). The summed E-state index contributed by atoms with van der Waals surface area (Å²) in [6, 6.07) is 10.3. The maximum Gasteiger partial charge on any atom is 0.338 e. The zero-order valence-electron chi connectivity index (χ0n) is 14.1. The highest BCUT2D eigenvalue weighted by Crippen LogP contribution is 2.28. The number of nitro benzene ring substituents is 1. The zero-order valence-corrected chi connectivity index (χ0v) is 14.1. The third-order valence-electron chi connectivity index (χ3n) is 3.29. The Bertz CT molecular complexity index is 836. The van der Waals surface area contributed by atoms with E-state index in [1.807, 2.05) is 0 Å². The molecule has 1 amide bonds. The lowest BCUT2D eigenvalue weighted by molar-refractivity contribution is -0.385. The summed E-state index contributed by atoms with van der Waals surface area (Å²) in [4.78, 5) is 33.9. The molecule has 0 spiro atoms. The Morgan fingerprint density at radius 2 is 1.92 bits per heavy atom. The second-order valence-corrected chi connectivity index (χ2v) is 5.00. The van der Waals surface area contributed by atoms with Crippen LogP contribution in [0.15, 0.2) is 42.5 Å². The molecule has 0 unspecified atom stereocenters. The minimum atomic E-state index is -0.713. The van der Waals surface area contributed by atoms with Gasteiger partial charge in [0, 0.05) is 17.8 Å². The molecule has 0 saturated carbocycles. The summed E-state index contributed by atoms with van der Waals surface area (Å²) in [6.45, 7) is -0.449. The van der Waals surface area contributed by atoms with Gasteiger partial charge in [0.1, 0.15) is 5.75 Å². The molecule has 2 aromatic rings. The summed E-state index contributed by atoms with van der Waals surface area (Å²) in [5.74, 6) is -0.791.